The van der Waals surface area contributed by atoms with E-state index in [9.17, 15) is 25.0 Å². The summed E-state index contributed by atoms with van der Waals surface area (Å²) in [4.78, 5) is 36.6. The molecule has 0 aliphatic rings. The lowest BCUT2D eigenvalue weighted by Crippen LogP contribution is -2.05. The summed E-state index contributed by atoms with van der Waals surface area (Å²) in [6.45, 7) is 0. The number of fused-ring (bicyclic) bond motifs is 1. The molecule has 0 saturated heterocycles. The first-order valence-corrected chi connectivity index (χ1v) is 6.75. The Labute approximate surface area is 133 Å². The molecule has 0 amide bonds. The molecule has 0 bridgehead atoms. The number of oxazole rings is 1. The fourth-order valence-electron chi connectivity index (χ4n) is 2.20. The first-order chi connectivity index (χ1) is 11.4. The van der Waals surface area contributed by atoms with Crippen LogP contribution in [0.2, 0.25) is 0 Å². The summed E-state index contributed by atoms with van der Waals surface area (Å²) in [6, 6.07) is 9.72. The molecule has 1 heterocycles. The maximum atomic E-state index is 12.3. The fourth-order valence-corrected chi connectivity index (χ4v) is 2.20. The third kappa shape index (κ3) is 2.95. The van der Waals surface area contributed by atoms with Gasteiger partial charge in [0.1, 0.15) is 5.52 Å². The van der Waals surface area contributed by atoms with Gasteiger partial charge in [0.2, 0.25) is 5.89 Å². The van der Waals surface area contributed by atoms with Gasteiger partial charge in [-0.05, 0) is 12.1 Å². The molecular weight excluding hydrogens is 318 g/mol. The highest BCUT2D eigenvalue weighted by Gasteiger charge is 2.21. The van der Waals surface area contributed by atoms with Gasteiger partial charge in [0.25, 0.3) is 11.4 Å². The van der Waals surface area contributed by atoms with Crippen LogP contribution in [0, 0.1) is 20.2 Å². The highest BCUT2D eigenvalue weighted by molar-refractivity contribution is 5.98. The van der Waals surface area contributed by atoms with Crippen LogP contribution in [0.1, 0.15) is 16.2 Å². The van der Waals surface area contributed by atoms with E-state index in [1.54, 1.807) is 24.3 Å². The smallest absolute Gasteiger partial charge is 0.277 e. The van der Waals surface area contributed by atoms with Crippen molar-refractivity contribution in [2.24, 2.45) is 0 Å². The van der Waals surface area contributed by atoms with Crippen molar-refractivity contribution in [2.45, 2.75) is 6.42 Å². The minimum absolute atomic E-state index is 0.135. The zero-order valence-corrected chi connectivity index (χ0v) is 12.0. The Morgan fingerprint density at radius 3 is 2.25 bits per heavy atom. The molecule has 3 aromatic rings. The number of ketones is 1. The van der Waals surface area contributed by atoms with Crippen LogP contribution in [0.15, 0.2) is 46.9 Å². The normalized spacial score (nSPS) is 10.7. The number of nitro benzene ring substituents is 2. The van der Waals surface area contributed by atoms with Gasteiger partial charge in [0.05, 0.1) is 22.3 Å². The number of para-hydroxylation sites is 2. The highest BCUT2D eigenvalue weighted by atomic mass is 16.6. The van der Waals surface area contributed by atoms with Crippen molar-refractivity contribution < 1.29 is 19.1 Å². The third-order valence-electron chi connectivity index (χ3n) is 3.30. The molecule has 9 heteroatoms. The van der Waals surface area contributed by atoms with Gasteiger partial charge < -0.3 is 4.42 Å². The van der Waals surface area contributed by atoms with Gasteiger partial charge in [-0.1, -0.05) is 12.1 Å². The van der Waals surface area contributed by atoms with Crippen LogP contribution in [-0.2, 0) is 6.42 Å². The van der Waals surface area contributed by atoms with Crippen LogP contribution in [0.4, 0.5) is 11.4 Å². The number of hydrogen-bond acceptors (Lipinski definition) is 7. The van der Waals surface area contributed by atoms with Crippen molar-refractivity contribution in [3.63, 3.8) is 0 Å². The second-order valence-corrected chi connectivity index (χ2v) is 4.93. The van der Waals surface area contributed by atoms with E-state index in [0.29, 0.717) is 11.1 Å². The van der Waals surface area contributed by atoms with Gasteiger partial charge in [0, 0.05) is 17.7 Å². The Balaban J connectivity index is 1.94. The average Bonchev–Trinajstić information content (AvgIpc) is 2.96. The van der Waals surface area contributed by atoms with Crippen molar-refractivity contribution in [2.75, 3.05) is 0 Å². The molecule has 0 radical (unpaired) electrons. The van der Waals surface area contributed by atoms with Crippen molar-refractivity contribution in [1.82, 2.24) is 4.98 Å². The van der Waals surface area contributed by atoms with E-state index < -0.39 is 27.0 Å². The van der Waals surface area contributed by atoms with Crippen molar-refractivity contribution >= 4 is 28.3 Å². The second-order valence-electron chi connectivity index (χ2n) is 4.93. The van der Waals surface area contributed by atoms with Crippen LogP contribution in [0.25, 0.3) is 11.1 Å². The molecule has 0 saturated carbocycles. The van der Waals surface area contributed by atoms with Crippen LogP contribution < -0.4 is 0 Å². The summed E-state index contributed by atoms with van der Waals surface area (Å²) in [5, 5.41) is 21.7. The van der Waals surface area contributed by atoms with Gasteiger partial charge in [-0.15, -0.1) is 0 Å². The molecule has 0 spiro atoms. The number of nitro groups is 2. The van der Waals surface area contributed by atoms with Crippen LogP contribution in [-0.4, -0.2) is 20.6 Å². The largest absolute Gasteiger partial charge is 0.440 e. The van der Waals surface area contributed by atoms with Crippen LogP contribution >= 0.6 is 0 Å². The number of Topliss-reactive ketones (excluding diaryl/α,β-unsaturated/α-hetero) is 1. The van der Waals surface area contributed by atoms with Crippen molar-refractivity contribution in [3.05, 3.63) is 74.1 Å². The summed E-state index contributed by atoms with van der Waals surface area (Å²) >= 11 is 0. The second kappa shape index (κ2) is 5.88. The molecule has 0 unspecified atom stereocenters. The summed E-state index contributed by atoms with van der Waals surface area (Å²) < 4.78 is 5.42. The van der Waals surface area contributed by atoms with E-state index in [2.05, 4.69) is 4.98 Å². The molecule has 120 valence electrons. The monoisotopic (exact) mass is 327 g/mol. The average molecular weight is 327 g/mol. The highest BCUT2D eigenvalue weighted by Crippen LogP contribution is 2.24. The molecule has 0 aliphatic carbocycles. The lowest BCUT2D eigenvalue weighted by atomic mass is 10.1. The van der Waals surface area contributed by atoms with E-state index in [-0.39, 0.29) is 17.9 Å². The zero-order valence-electron chi connectivity index (χ0n) is 12.0. The number of benzene rings is 2. The Kier molecular flexibility index (Phi) is 3.74. The van der Waals surface area contributed by atoms with Gasteiger partial charge in [-0.25, -0.2) is 4.98 Å². The number of nitrogens with zero attached hydrogens (tertiary/aromatic N) is 3. The number of carbonyl (C=O) groups is 1. The minimum Gasteiger partial charge on any atom is -0.440 e. The maximum absolute atomic E-state index is 12.3. The van der Waals surface area contributed by atoms with Crippen molar-refractivity contribution in [1.29, 1.82) is 0 Å². The van der Waals surface area contributed by atoms with Crippen LogP contribution in [0.3, 0.4) is 0 Å². The minimum atomic E-state index is -0.788. The van der Waals surface area contributed by atoms with Gasteiger partial charge >= 0.3 is 0 Å². The molecule has 0 N–H and O–H groups in total. The molecule has 2 aromatic carbocycles. The number of non-ortho nitro benzene ring substituents is 2. The summed E-state index contributed by atoms with van der Waals surface area (Å²) in [5.74, 6) is -0.427. The topological polar surface area (TPSA) is 129 Å². The Morgan fingerprint density at radius 1 is 1.04 bits per heavy atom. The van der Waals surface area contributed by atoms with Gasteiger partial charge in [0.15, 0.2) is 11.4 Å². The zero-order chi connectivity index (χ0) is 17.3. The molecule has 0 fully saturated rings. The van der Waals surface area contributed by atoms with E-state index >= 15 is 0 Å². The lowest BCUT2D eigenvalue weighted by Gasteiger charge is -2.00. The summed E-state index contributed by atoms with van der Waals surface area (Å²) in [5.41, 5.74) is -0.107. The standard InChI is InChI=1S/C15H9N3O6/c19-13(8-15-16-12-3-1-2-4-14(12)24-15)9-5-10(17(20)21)7-11(6-9)18(22)23/h1-7H,8H2. The summed E-state index contributed by atoms with van der Waals surface area (Å²) in [7, 11) is 0. The van der Waals surface area contributed by atoms with Crippen molar-refractivity contribution in [3.8, 4) is 0 Å². The van der Waals surface area contributed by atoms with E-state index in [0.717, 1.165) is 18.2 Å². The Hall–Kier alpha value is -3.62. The number of aromatic nitrogens is 1. The molecule has 1 aromatic heterocycles. The van der Waals surface area contributed by atoms with Crippen LogP contribution in [0.5, 0.6) is 0 Å². The SMILES string of the molecule is O=C(Cc1nc2ccccc2o1)c1cc([N+](=O)[O-])cc([N+](=O)[O-])c1. The fraction of sp³-hybridized carbons (Fsp3) is 0.0667. The predicted molar refractivity (Wildman–Crippen MR) is 81.8 cm³/mol. The molecule has 0 aliphatic heterocycles. The van der Waals surface area contributed by atoms with E-state index in [4.69, 9.17) is 4.42 Å². The van der Waals surface area contributed by atoms with E-state index in [1.165, 1.54) is 0 Å². The Morgan fingerprint density at radius 2 is 1.67 bits per heavy atom. The Bertz CT molecular complexity index is 913. The van der Waals surface area contributed by atoms with E-state index in [1.807, 2.05) is 0 Å². The predicted octanol–water partition coefficient (Wildman–Crippen LogP) is 3.07. The molecule has 9 nitrogen and oxygen atoms in total. The number of hydrogen-bond donors (Lipinski definition) is 0. The molecule has 3 rings (SSSR count). The first-order valence-electron chi connectivity index (χ1n) is 6.75. The first kappa shape index (κ1) is 15.3. The third-order valence-corrected chi connectivity index (χ3v) is 3.30. The lowest BCUT2D eigenvalue weighted by molar-refractivity contribution is -0.394. The summed E-state index contributed by atoms with van der Waals surface area (Å²) in [6.07, 6.45) is -0.257. The van der Waals surface area contributed by atoms with Gasteiger partial charge in [-0.3, -0.25) is 25.0 Å². The maximum Gasteiger partial charge on any atom is 0.277 e. The number of carbonyl (C=O) groups excluding carboxylic acids is 1. The molecule has 24 heavy (non-hydrogen) atoms. The quantitative estimate of drug-likeness (QED) is 0.400. The van der Waals surface area contributed by atoms with Gasteiger partial charge in [-0.2, -0.15) is 0 Å². The molecule has 0 atom stereocenters. The number of rotatable bonds is 5. The molecular formula is C15H9N3O6.